The lowest BCUT2D eigenvalue weighted by molar-refractivity contribution is -0.154. The normalized spacial score (nSPS) is 19.0. The van der Waals surface area contributed by atoms with Gasteiger partial charge in [0.2, 0.25) is 15.9 Å². The lowest BCUT2D eigenvalue weighted by Crippen LogP contribution is -2.53. The van der Waals surface area contributed by atoms with Crippen molar-refractivity contribution in [1.82, 2.24) is 9.21 Å². The van der Waals surface area contributed by atoms with Crippen LogP contribution >= 0.6 is 0 Å². The molecular weight excluding hydrogens is 392 g/mol. The van der Waals surface area contributed by atoms with Gasteiger partial charge in [0.1, 0.15) is 5.41 Å². The molecule has 2 aliphatic rings. The molecule has 4 rings (SSSR count). The molecule has 152 valence electrons. The van der Waals surface area contributed by atoms with Crippen molar-refractivity contribution in [1.29, 1.82) is 0 Å². The van der Waals surface area contributed by atoms with Gasteiger partial charge in [0.05, 0.1) is 4.90 Å². The summed E-state index contributed by atoms with van der Waals surface area (Å²) in [5, 5.41) is 9.29. The van der Waals surface area contributed by atoms with Crippen molar-refractivity contribution in [2.45, 2.75) is 17.7 Å². The predicted octanol–water partition coefficient (Wildman–Crippen LogP) is 2.05. The first kappa shape index (κ1) is 19.6. The summed E-state index contributed by atoms with van der Waals surface area (Å²) in [6, 6.07) is 16.5. The molecular formula is C21H22N2O5S. The summed E-state index contributed by atoms with van der Waals surface area (Å²) in [7, 11) is -3.67. The van der Waals surface area contributed by atoms with Crippen molar-refractivity contribution in [3.63, 3.8) is 0 Å². The molecule has 1 N–H and O–H groups in total. The van der Waals surface area contributed by atoms with Crippen LogP contribution in [0.4, 0.5) is 0 Å². The largest absolute Gasteiger partial charge is 0.480 e. The average molecular weight is 414 g/mol. The van der Waals surface area contributed by atoms with Crippen LogP contribution in [0.3, 0.4) is 0 Å². The molecule has 2 aromatic carbocycles. The van der Waals surface area contributed by atoms with Crippen LogP contribution in [0.25, 0.3) is 11.1 Å². The summed E-state index contributed by atoms with van der Waals surface area (Å²) in [5.74, 6) is -1.48. The maximum atomic E-state index is 13.0. The molecule has 1 aliphatic carbocycles. The Balaban J connectivity index is 1.44. The highest BCUT2D eigenvalue weighted by molar-refractivity contribution is 7.89. The molecule has 2 aromatic rings. The van der Waals surface area contributed by atoms with E-state index in [0.29, 0.717) is 12.8 Å². The third-order valence-electron chi connectivity index (χ3n) is 5.69. The number of hydrogen-bond donors (Lipinski definition) is 1. The van der Waals surface area contributed by atoms with Crippen LogP contribution in [0.15, 0.2) is 59.5 Å². The Morgan fingerprint density at radius 2 is 1.38 bits per heavy atom. The van der Waals surface area contributed by atoms with E-state index < -0.39 is 27.3 Å². The number of amides is 1. The number of carboxylic acids is 1. The minimum absolute atomic E-state index is 0.157. The van der Waals surface area contributed by atoms with Gasteiger partial charge in [0.15, 0.2) is 0 Å². The molecule has 0 unspecified atom stereocenters. The molecule has 0 spiro atoms. The second-order valence-corrected chi connectivity index (χ2v) is 9.41. The van der Waals surface area contributed by atoms with Gasteiger partial charge in [0.25, 0.3) is 0 Å². The number of rotatable bonds is 5. The number of aliphatic carboxylic acids is 1. The van der Waals surface area contributed by atoms with Crippen molar-refractivity contribution in [3.8, 4) is 11.1 Å². The number of benzene rings is 2. The van der Waals surface area contributed by atoms with E-state index in [0.717, 1.165) is 11.1 Å². The van der Waals surface area contributed by atoms with Gasteiger partial charge in [-0.1, -0.05) is 42.5 Å². The van der Waals surface area contributed by atoms with Crippen LogP contribution in [0.5, 0.6) is 0 Å². The molecule has 0 radical (unpaired) electrons. The topological polar surface area (TPSA) is 95.0 Å². The Labute approximate surface area is 169 Å². The Hall–Kier alpha value is -2.71. The van der Waals surface area contributed by atoms with Crippen molar-refractivity contribution < 1.29 is 23.1 Å². The van der Waals surface area contributed by atoms with Gasteiger partial charge in [-0.2, -0.15) is 4.31 Å². The van der Waals surface area contributed by atoms with Gasteiger partial charge in [-0.3, -0.25) is 9.59 Å². The van der Waals surface area contributed by atoms with E-state index in [9.17, 15) is 23.1 Å². The first-order valence-corrected chi connectivity index (χ1v) is 11.0. The quantitative estimate of drug-likeness (QED) is 0.756. The van der Waals surface area contributed by atoms with E-state index in [1.165, 1.54) is 9.21 Å². The first-order chi connectivity index (χ1) is 13.8. The third kappa shape index (κ3) is 3.54. The van der Waals surface area contributed by atoms with Crippen molar-refractivity contribution in [2.24, 2.45) is 5.41 Å². The number of carbonyl (C=O) groups is 2. The maximum Gasteiger partial charge on any atom is 0.319 e. The summed E-state index contributed by atoms with van der Waals surface area (Å²) in [6.45, 7) is 0.721. The number of hydrogen-bond acceptors (Lipinski definition) is 4. The number of piperazine rings is 1. The molecule has 1 heterocycles. The van der Waals surface area contributed by atoms with Crippen molar-refractivity contribution in [2.75, 3.05) is 26.2 Å². The van der Waals surface area contributed by atoms with Crippen molar-refractivity contribution >= 4 is 21.9 Å². The van der Waals surface area contributed by atoms with Gasteiger partial charge >= 0.3 is 5.97 Å². The fourth-order valence-electron chi connectivity index (χ4n) is 3.68. The molecule has 0 aromatic heterocycles. The van der Waals surface area contributed by atoms with Crippen LogP contribution in [0, 0.1) is 5.41 Å². The minimum atomic E-state index is -3.67. The average Bonchev–Trinajstić information content (AvgIpc) is 3.56. The van der Waals surface area contributed by atoms with E-state index in [2.05, 4.69) is 0 Å². The Morgan fingerprint density at radius 3 is 1.90 bits per heavy atom. The molecule has 0 bridgehead atoms. The number of sulfonamides is 1. The molecule has 2 fully saturated rings. The number of nitrogens with zero attached hydrogens (tertiary/aromatic N) is 2. The van der Waals surface area contributed by atoms with Gasteiger partial charge in [-0.05, 0) is 36.1 Å². The zero-order chi connectivity index (χ0) is 20.6. The Bertz CT molecular complexity index is 1020. The first-order valence-electron chi connectivity index (χ1n) is 9.53. The summed E-state index contributed by atoms with van der Waals surface area (Å²) in [5.41, 5.74) is 0.660. The van der Waals surface area contributed by atoms with E-state index in [-0.39, 0.29) is 31.1 Å². The molecule has 1 saturated heterocycles. The molecule has 7 nitrogen and oxygen atoms in total. The van der Waals surface area contributed by atoms with Gasteiger partial charge < -0.3 is 10.0 Å². The highest BCUT2D eigenvalue weighted by Crippen LogP contribution is 2.47. The third-order valence-corrected chi connectivity index (χ3v) is 7.61. The summed E-state index contributed by atoms with van der Waals surface area (Å²) in [6.07, 6.45) is 0.709. The molecule has 1 amide bonds. The molecule has 1 saturated carbocycles. The van der Waals surface area contributed by atoms with Crippen molar-refractivity contribution in [3.05, 3.63) is 54.6 Å². The Kier molecular flexibility index (Phi) is 4.92. The SMILES string of the molecule is O=C(O)C1(C(=O)N2CCN(S(=O)(=O)c3ccc(-c4ccccc4)cc3)CC2)CC1. The second kappa shape index (κ2) is 7.27. The summed E-state index contributed by atoms with van der Waals surface area (Å²) in [4.78, 5) is 25.5. The van der Waals surface area contributed by atoms with Gasteiger partial charge in [-0.15, -0.1) is 0 Å². The highest BCUT2D eigenvalue weighted by Gasteiger charge is 2.58. The summed E-state index contributed by atoms with van der Waals surface area (Å²) >= 11 is 0. The number of carboxylic acid groups (broad SMARTS) is 1. The second-order valence-electron chi connectivity index (χ2n) is 7.47. The van der Waals surface area contributed by atoms with Gasteiger partial charge in [-0.25, -0.2) is 8.42 Å². The van der Waals surface area contributed by atoms with E-state index >= 15 is 0 Å². The monoisotopic (exact) mass is 414 g/mol. The summed E-state index contributed by atoms with van der Waals surface area (Å²) < 4.78 is 27.3. The zero-order valence-corrected chi connectivity index (χ0v) is 16.6. The van der Waals surface area contributed by atoms with E-state index in [4.69, 9.17) is 0 Å². The zero-order valence-electron chi connectivity index (χ0n) is 15.8. The van der Waals surface area contributed by atoms with Crippen LogP contribution < -0.4 is 0 Å². The number of carbonyl (C=O) groups excluding carboxylic acids is 1. The lowest BCUT2D eigenvalue weighted by atomic mass is 10.1. The van der Waals surface area contributed by atoms with E-state index in [1.807, 2.05) is 30.3 Å². The minimum Gasteiger partial charge on any atom is -0.480 e. The highest BCUT2D eigenvalue weighted by atomic mass is 32.2. The Morgan fingerprint density at radius 1 is 0.828 bits per heavy atom. The lowest BCUT2D eigenvalue weighted by Gasteiger charge is -2.35. The van der Waals surface area contributed by atoms with E-state index in [1.54, 1.807) is 24.3 Å². The van der Waals surface area contributed by atoms with Crippen LogP contribution in [-0.4, -0.2) is 60.8 Å². The molecule has 29 heavy (non-hydrogen) atoms. The maximum absolute atomic E-state index is 13.0. The predicted molar refractivity (Wildman–Crippen MR) is 107 cm³/mol. The smallest absolute Gasteiger partial charge is 0.319 e. The molecule has 8 heteroatoms. The van der Waals surface area contributed by atoms with Gasteiger partial charge in [0, 0.05) is 26.2 Å². The fraction of sp³-hybridized carbons (Fsp3) is 0.333. The van der Waals surface area contributed by atoms with Crippen LogP contribution in [0.1, 0.15) is 12.8 Å². The van der Waals surface area contributed by atoms with Crippen LogP contribution in [-0.2, 0) is 19.6 Å². The standard InChI is InChI=1S/C21H22N2O5S/c24-19(21(10-11-21)20(25)26)22-12-14-23(15-13-22)29(27,28)18-8-6-17(7-9-18)16-4-2-1-3-5-16/h1-9H,10-15H2,(H,25,26). The van der Waals surface area contributed by atoms with Crippen LogP contribution in [0.2, 0.25) is 0 Å². The fourth-order valence-corrected chi connectivity index (χ4v) is 5.10. The molecule has 0 atom stereocenters. The molecule has 1 aliphatic heterocycles.